The Morgan fingerprint density at radius 1 is 1.18 bits per heavy atom. The van der Waals surface area contributed by atoms with Gasteiger partial charge in [-0.3, -0.25) is 19.4 Å². The molecular weight excluding hydrogens is 436 g/mol. The Bertz CT molecular complexity index is 1130. The molecule has 0 N–H and O–H groups in total. The molecule has 2 aromatic rings. The lowest BCUT2D eigenvalue weighted by Gasteiger charge is -2.33. The zero-order valence-corrected chi connectivity index (χ0v) is 19.8. The molecule has 1 unspecified atom stereocenters. The van der Waals surface area contributed by atoms with E-state index in [1.54, 1.807) is 46.2 Å². The maximum Gasteiger partial charge on any atom is 0.331 e. The Morgan fingerprint density at radius 2 is 1.91 bits per heavy atom. The van der Waals surface area contributed by atoms with Crippen LogP contribution in [0.3, 0.4) is 0 Å². The van der Waals surface area contributed by atoms with E-state index >= 15 is 0 Å². The van der Waals surface area contributed by atoms with Crippen molar-refractivity contribution in [3.05, 3.63) is 53.1 Å². The highest BCUT2D eigenvalue weighted by molar-refractivity contribution is 5.99. The summed E-state index contributed by atoms with van der Waals surface area (Å²) in [6.45, 7) is 4.22. The number of methoxy groups -OCH3 is 2. The molecule has 0 saturated carbocycles. The monoisotopic (exact) mass is 464 g/mol. The van der Waals surface area contributed by atoms with Gasteiger partial charge >= 0.3 is 6.03 Å². The van der Waals surface area contributed by atoms with E-state index in [2.05, 4.69) is 6.07 Å². The van der Waals surface area contributed by atoms with Crippen molar-refractivity contribution in [2.75, 3.05) is 32.2 Å². The van der Waals surface area contributed by atoms with Gasteiger partial charge in [0.2, 0.25) is 12.3 Å². The summed E-state index contributed by atoms with van der Waals surface area (Å²) in [6, 6.07) is 11.5. The Hall–Kier alpha value is -4.06. The van der Waals surface area contributed by atoms with Crippen LogP contribution in [0.5, 0.6) is 11.5 Å². The molecule has 3 rings (SSSR count). The molecule has 0 bridgehead atoms. The summed E-state index contributed by atoms with van der Waals surface area (Å²) in [4.78, 5) is 42.0. The van der Waals surface area contributed by atoms with Gasteiger partial charge in [0.1, 0.15) is 0 Å². The molecule has 1 fully saturated rings. The number of anilines is 1. The molecule has 1 heterocycles. The molecule has 0 radical (unpaired) electrons. The van der Waals surface area contributed by atoms with E-state index in [4.69, 9.17) is 9.47 Å². The SMILES string of the molecule is COc1ccc(CN(C=O)C(=O)N(c2ccc(C#N)cc2C)C2CCN(C(C)=O)C2)cc1OC. The largest absolute Gasteiger partial charge is 0.493 e. The second-order valence-corrected chi connectivity index (χ2v) is 8.10. The van der Waals surface area contributed by atoms with Crippen molar-refractivity contribution in [2.45, 2.75) is 32.9 Å². The van der Waals surface area contributed by atoms with Crippen molar-refractivity contribution in [1.29, 1.82) is 5.26 Å². The minimum absolute atomic E-state index is 0.0255. The van der Waals surface area contributed by atoms with Crippen LogP contribution in [0.2, 0.25) is 0 Å². The third-order valence-electron chi connectivity index (χ3n) is 5.94. The van der Waals surface area contributed by atoms with Crippen molar-refractivity contribution in [2.24, 2.45) is 0 Å². The second-order valence-electron chi connectivity index (χ2n) is 8.10. The van der Waals surface area contributed by atoms with Crippen molar-refractivity contribution >= 4 is 24.0 Å². The number of imide groups is 1. The predicted molar refractivity (Wildman–Crippen MR) is 126 cm³/mol. The molecule has 2 aromatic carbocycles. The number of hydrogen-bond acceptors (Lipinski definition) is 6. The highest BCUT2D eigenvalue weighted by atomic mass is 16.5. The zero-order chi connectivity index (χ0) is 24.8. The number of benzene rings is 2. The van der Waals surface area contributed by atoms with Gasteiger partial charge in [-0.2, -0.15) is 5.26 Å². The van der Waals surface area contributed by atoms with Crippen LogP contribution in [0, 0.1) is 18.3 Å². The summed E-state index contributed by atoms with van der Waals surface area (Å²) in [5.74, 6) is 0.968. The van der Waals surface area contributed by atoms with Crippen LogP contribution in [0.25, 0.3) is 0 Å². The highest BCUT2D eigenvalue weighted by Gasteiger charge is 2.35. The average molecular weight is 465 g/mol. The van der Waals surface area contributed by atoms with Crippen molar-refractivity contribution in [3.63, 3.8) is 0 Å². The van der Waals surface area contributed by atoms with E-state index in [9.17, 15) is 19.6 Å². The van der Waals surface area contributed by atoms with Crippen LogP contribution < -0.4 is 14.4 Å². The van der Waals surface area contributed by atoms with E-state index in [0.29, 0.717) is 54.2 Å². The molecule has 0 spiro atoms. The van der Waals surface area contributed by atoms with Gasteiger partial charge in [0.15, 0.2) is 11.5 Å². The molecule has 178 valence electrons. The number of ether oxygens (including phenoxy) is 2. The second kappa shape index (κ2) is 10.7. The lowest BCUT2D eigenvalue weighted by Crippen LogP contribution is -2.49. The first-order valence-corrected chi connectivity index (χ1v) is 10.8. The van der Waals surface area contributed by atoms with E-state index < -0.39 is 6.03 Å². The summed E-state index contributed by atoms with van der Waals surface area (Å²) in [7, 11) is 3.04. The Kier molecular flexibility index (Phi) is 7.74. The number of urea groups is 1. The topological polar surface area (TPSA) is 103 Å². The molecule has 34 heavy (non-hydrogen) atoms. The lowest BCUT2D eigenvalue weighted by molar-refractivity contribution is -0.127. The molecule has 1 saturated heterocycles. The molecule has 1 aliphatic heterocycles. The normalized spacial score (nSPS) is 14.8. The number of nitriles is 1. The quantitative estimate of drug-likeness (QED) is 0.584. The number of aryl methyl sites for hydroxylation is 1. The number of nitrogens with zero attached hydrogens (tertiary/aromatic N) is 4. The first-order valence-electron chi connectivity index (χ1n) is 10.8. The predicted octanol–water partition coefficient (Wildman–Crippen LogP) is 3.09. The summed E-state index contributed by atoms with van der Waals surface area (Å²) in [5, 5.41) is 9.23. The van der Waals surface area contributed by atoms with Crippen LogP contribution >= 0.6 is 0 Å². The summed E-state index contributed by atoms with van der Waals surface area (Å²) >= 11 is 0. The fourth-order valence-electron chi connectivity index (χ4n) is 4.15. The Morgan fingerprint density at radius 3 is 2.47 bits per heavy atom. The van der Waals surface area contributed by atoms with E-state index in [1.807, 2.05) is 6.92 Å². The number of hydrogen-bond donors (Lipinski definition) is 0. The van der Waals surface area contributed by atoms with Crippen LogP contribution in [-0.4, -0.2) is 61.5 Å². The van der Waals surface area contributed by atoms with Crippen LogP contribution in [-0.2, 0) is 16.1 Å². The molecular formula is C25H28N4O5. The van der Waals surface area contributed by atoms with Crippen LogP contribution in [0.4, 0.5) is 10.5 Å². The first-order chi connectivity index (χ1) is 16.3. The molecule has 9 nitrogen and oxygen atoms in total. The number of rotatable bonds is 7. The van der Waals surface area contributed by atoms with Crippen molar-refractivity contribution < 1.29 is 23.9 Å². The maximum atomic E-state index is 13.7. The van der Waals surface area contributed by atoms with Gasteiger partial charge < -0.3 is 14.4 Å². The Balaban J connectivity index is 1.96. The third-order valence-corrected chi connectivity index (χ3v) is 5.94. The number of likely N-dealkylation sites (tertiary alicyclic amines) is 1. The maximum absolute atomic E-state index is 13.7. The standard InChI is InChI=1S/C25H28N4O5/c1-17-11-19(13-26)5-7-22(17)29(21-9-10-27(15-21)18(2)31)25(32)28(16-30)14-20-6-8-23(33-3)24(12-20)34-4/h5-8,11-12,16,21H,9-10,14-15H2,1-4H3. The molecule has 0 aromatic heterocycles. The van der Waals surface area contributed by atoms with Crippen LogP contribution in [0.15, 0.2) is 36.4 Å². The number of carbonyl (C=O) groups excluding carboxylic acids is 3. The van der Waals surface area contributed by atoms with Gasteiger partial charge in [0.25, 0.3) is 0 Å². The van der Waals surface area contributed by atoms with E-state index in [0.717, 1.165) is 10.5 Å². The summed E-state index contributed by atoms with van der Waals surface area (Å²) in [6.07, 6.45) is 1.08. The van der Waals surface area contributed by atoms with Gasteiger partial charge in [-0.15, -0.1) is 0 Å². The van der Waals surface area contributed by atoms with E-state index in [-0.39, 0.29) is 18.5 Å². The molecule has 1 atom stereocenters. The average Bonchev–Trinajstić information content (AvgIpc) is 3.33. The minimum atomic E-state index is -0.506. The summed E-state index contributed by atoms with van der Waals surface area (Å²) in [5.41, 5.74) is 2.48. The van der Waals surface area contributed by atoms with Gasteiger partial charge in [-0.25, -0.2) is 4.79 Å². The minimum Gasteiger partial charge on any atom is -0.493 e. The first kappa shape index (κ1) is 24.6. The Labute approximate surface area is 199 Å². The van der Waals surface area contributed by atoms with Gasteiger partial charge in [-0.05, 0) is 54.8 Å². The summed E-state index contributed by atoms with van der Waals surface area (Å²) < 4.78 is 10.6. The van der Waals surface area contributed by atoms with Crippen molar-refractivity contribution in [1.82, 2.24) is 9.80 Å². The zero-order valence-electron chi connectivity index (χ0n) is 19.8. The molecule has 0 aliphatic carbocycles. The van der Waals surface area contributed by atoms with Gasteiger partial charge in [-0.1, -0.05) is 6.07 Å². The van der Waals surface area contributed by atoms with Crippen molar-refractivity contribution in [3.8, 4) is 17.6 Å². The fourth-order valence-corrected chi connectivity index (χ4v) is 4.15. The lowest BCUT2D eigenvalue weighted by atomic mass is 10.1. The number of amides is 4. The molecule has 1 aliphatic rings. The highest BCUT2D eigenvalue weighted by Crippen LogP contribution is 2.30. The molecule has 4 amide bonds. The van der Waals surface area contributed by atoms with E-state index in [1.165, 1.54) is 21.1 Å². The van der Waals surface area contributed by atoms with Gasteiger partial charge in [0, 0.05) is 25.7 Å². The fraction of sp³-hybridized carbons (Fsp3) is 0.360. The third kappa shape index (κ3) is 5.12. The number of carbonyl (C=O) groups is 3. The molecule has 9 heteroatoms. The van der Waals surface area contributed by atoms with Crippen LogP contribution in [0.1, 0.15) is 30.0 Å². The van der Waals surface area contributed by atoms with Gasteiger partial charge in [0.05, 0.1) is 38.4 Å². The smallest absolute Gasteiger partial charge is 0.331 e.